The fraction of sp³-hybridized carbons (Fsp3) is 0.190. The highest BCUT2D eigenvalue weighted by atomic mass is 16.1. The molecular formula is C21H21NO. The van der Waals surface area contributed by atoms with Crippen LogP contribution in [0.25, 0.3) is 10.8 Å². The normalized spacial score (nSPS) is 10.9. The molecule has 0 aliphatic carbocycles. The lowest BCUT2D eigenvalue weighted by Crippen LogP contribution is -2.23. The molecule has 0 heterocycles. The van der Waals surface area contributed by atoms with Crippen LogP contribution in [0.5, 0.6) is 0 Å². The molecule has 0 atom stereocenters. The molecule has 0 spiro atoms. The minimum absolute atomic E-state index is 0.0327. The number of carbonyl (C=O) groups is 1. The van der Waals surface area contributed by atoms with E-state index in [0.29, 0.717) is 12.5 Å². The molecule has 0 radical (unpaired) electrons. The SMILES string of the molecule is CC(C)c1ccc(CNC(=O)c2cccc3ccccc23)cc1. The van der Waals surface area contributed by atoms with Gasteiger partial charge in [-0.2, -0.15) is 0 Å². The predicted molar refractivity (Wildman–Crippen MR) is 95.6 cm³/mol. The highest BCUT2D eigenvalue weighted by Gasteiger charge is 2.09. The van der Waals surface area contributed by atoms with Crippen LogP contribution in [0, 0.1) is 0 Å². The monoisotopic (exact) mass is 303 g/mol. The van der Waals surface area contributed by atoms with Crippen molar-refractivity contribution in [2.45, 2.75) is 26.3 Å². The quantitative estimate of drug-likeness (QED) is 0.730. The zero-order valence-electron chi connectivity index (χ0n) is 13.5. The summed E-state index contributed by atoms with van der Waals surface area (Å²) in [5.41, 5.74) is 3.15. The van der Waals surface area contributed by atoms with Gasteiger partial charge in [0.25, 0.3) is 5.91 Å². The molecule has 2 nitrogen and oxygen atoms in total. The van der Waals surface area contributed by atoms with Crippen molar-refractivity contribution in [2.75, 3.05) is 0 Å². The third-order valence-electron chi connectivity index (χ3n) is 4.13. The number of carbonyl (C=O) groups excluding carboxylic acids is 1. The number of rotatable bonds is 4. The van der Waals surface area contributed by atoms with E-state index in [1.54, 1.807) is 0 Å². The molecule has 0 fully saturated rings. The molecule has 1 N–H and O–H groups in total. The summed E-state index contributed by atoms with van der Waals surface area (Å²) in [5.74, 6) is 0.490. The fourth-order valence-corrected chi connectivity index (χ4v) is 2.72. The van der Waals surface area contributed by atoms with Crippen LogP contribution < -0.4 is 5.32 Å². The topological polar surface area (TPSA) is 29.1 Å². The molecule has 0 aromatic heterocycles. The Hall–Kier alpha value is -2.61. The van der Waals surface area contributed by atoms with Gasteiger partial charge in [0, 0.05) is 12.1 Å². The van der Waals surface area contributed by atoms with Crippen molar-refractivity contribution >= 4 is 16.7 Å². The van der Waals surface area contributed by atoms with Gasteiger partial charge in [-0.1, -0.05) is 74.5 Å². The third kappa shape index (κ3) is 3.42. The van der Waals surface area contributed by atoms with Crippen molar-refractivity contribution in [1.29, 1.82) is 0 Å². The molecule has 3 rings (SSSR count). The summed E-state index contributed by atoms with van der Waals surface area (Å²) >= 11 is 0. The van der Waals surface area contributed by atoms with Gasteiger partial charge in [0.15, 0.2) is 0 Å². The highest BCUT2D eigenvalue weighted by Crippen LogP contribution is 2.19. The minimum atomic E-state index is -0.0327. The van der Waals surface area contributed by atoms with Gasteiger partial charge in [-0.3, -0.25) is 4.79 Å². The molecule has 3 aromatic rings. The molecule has 2 heteroatoms. The van der Waals surface area contributed by atoms with Crippen molar-refractivity contribution in [2.24, 2.45) is 0 Å². The van der Waals surface area contributed by atoms with Gasteiger partial charge in [-0.05, 0) is 33.9 Å². The van der Waals surface area contributed by atoms with E-state index in [4.69, 9.17) is 0 Å². The first-order valence-corrected chi connectivity index (χ1v) is 8.00. The van der Waals surface area contributed by atoms with Gasteiger partial charge in [0.05, 0.1) is 0 Å². The van der Waals surface area contributed by atoms with E-state index in [0.717, 1.165) is 21.9 Å². The van der Waals surface area contributed by atoms with E-state index in [9.17, 15) is 4.79 Å². The molecule has 0 saturated carbocycles. The highest BCUT2D eigenvalue weighted by molar-refractivity contribution is 6.06. The summed E-state index contributed by atoms with van der Waals surface area (Å²) < 4.78 is 0. The van der Waals surface area contributed by atoms with Crippen LogP contribution in [0.1, 0.15) is 41.3 Å². The zero-order valence-corrected chi connectivity index (χ0v) is 13.5. The molecule has 0 bridgehead atoms. The average molecular weight is 303 g/mol. The first-order valence-electron chi connectivity index (χ1n) is 8.00. The minimum Gasteiger partial charge on any atom is -0.348 e. The molecule has 1 amide bonds. The number of benzene rings is 3. The van der Waals surface area contributed by atoms with Crippen LogP contribution in [-0.2, 0) is 6.54 Å². The fourth-order valence-electron chi connectivity index (χ4n) is 2.72. The van der Waals surface area contributed by atoms with Gasteiger partial charge in [0.1, 0.15) is 0 Å². The van der Waals surface area contributed by atoms with Crippen LogP contribution in [0.2, 0.25) is 0 Å². The first-order chi connectivity index (χ1) is 11.1. The van der Waals surface area contributed by atoms with E-state index in [1.807, 2.05) is 42.5 Å². The summed E-state index contributed by atoms with van der Waals surface area (Å²) in [4.78, 5) is 12.5. The van der Waals surface area contributed by atoms with Gasteiger partial charge >= 0.3 is 0 Å². The molecular weight excluding hydrogens is 282 g/mol. The Morgan fingerprint density at radius 3 is 2.35 bits per heavy atom. The van der Waals surface area contributed by atoms with Crippen LogP contribution in [0.4, 0.5) is 0 Å². The van der Waals surface area contributed by atoms with Gasteiger partial charge in [0.2, 0.25) is 0 Å². The Balaban J connectivity index is 1.74. The van der Waals surface area contributed by atoms with Crippen molar-refractivity contribution in [1.82, 2.24) is 5.32 Å². The molecule has 116 valence electrons. The van der Waals surface area contributed by atoms with Crippen molar-refractivity contribution in [3.8, 4) is 0 Å². The second kappa shape index (κ2) is 6.66. The molecule has 0 saturated heterocycles. The molecule has 0 aliphatic heterocycles. The number of amides is 1. The molecule has 0 unspecified atom stereocenters. The van der Waals surface area contributed by atoms with E-state index < -0.39 is 0 Å². The van der Waals surface area contributed by atoms with Gasteiger partial charge in [-0.15, -0.1) is 0 Å². The van der Waals surface area contributed by atoms with Crippen LogP contribution in [0.15, 0.2) is 66.7 Å². The lowest BCUT2D eigenvalue weighted by Gasteiger charge is -2.10. The Bertz CT molecular complexity index is 813. The Morgan fingerprint density at radius 2 is 1.61 bits per heavy atom. The van der Waals surface area contributed by atoms with Crippen LogP contribution >= 0.6 is 0 Å². The van der Waals surface area contributed by atoms with Gasteiger partial charge < -0.3 is 5.32 Å². The predicted octanol–water partition coefficient (Wildman–Crippen LogP) is 4.89. The zero-order chi connectivity index (χ0) is 16.2. The number of hydrogen-bond acceptors (Lipinski definition) is 1. The maximum atomic E-state index is 12.5. The second-order valence-corrected chi connectivity index (χ2v) is 6.11. The number of nitrogens with one attached hydrogen (secondary N) is 1. The summed E-state index contributed by atoms with van der Waals surface area (Å²) in [7, 11) is 0. The van der Waals surface area contributed by atoms with E-state index in [1.165, 1.54) is 5.56 Å². The van der Waals surface area contributed by atoms with E-state index >= 15 is 0 Å². The molecule has 0 aliphatic rings. The first kappa shape index (κ1) is 15.3. The summed E-state index contributed by atoms with van der Waals surface area (Å²) in [6.07, 6.45) is 0. The second-order valence-electron chi connectivity index (χ2n) is 6.11. The van der Waals surface area contributed by atoms with Crippen molar-refractivity contribution < 1.29 is 4.79 Å². The standard InChI is InChI=1S/C21H21NO/c1-15(2)17-12-10-16(11-13-17)14-22-21(23)20-9-5-7-18-6-3-4-8-19(18)20/h3-13,15H,14H2,1-2H3,(H,22,23). The van der Waals surface area contributed by atoms with Crippen molar-refractivity contribution in [3.63, 3.8) is 0 Å². The maximum absolute atomic E-state index is 12.5. The number of hydrogen-bond donors (Lipinski definition) is 1. The van der Waals surface area contributed by atoms with E-state index in [-0.39, 0.29) is 5.91 Å². The third-order valence-corrected chi connectivity index (χ3v) is 4.13. The smallest absolute Gasteiger partial charge is 0.252 e. The van der Waals surface area contributed by atoms with Crippen LogP contribution in [-0.4, -0.2) is 5.91 Å². The summed E-state index contributed by atoms with van der Waals surface area (Å²) in [5, 5.41) is 5.09. The summed E-state index contributed by atoms with van der Waals surface area (Å²) in [6.45, 7) is 4.90. The molecule has 23 heavy (non-hydrogen) atoms. The average Bonchev–Trinajstić information content (AvgIpc) is 2.59. The molecule has 3 aromatic carbocycles. The van der Waals surface area contributed by atoms with E-state index in [2.05, 4.69) is 43.4 Å². The Morgan fingerprint density at radius 1 is 0.913 bits per heavy atom. The largest absolute Gasteiger partial charge is 0.348 e. The lowest BCUT2D eigenvalue weighted by molar-refractivity contribution is 0.0952. The summed E-state index contributed by atoms with van der Waals surface area (Å²) in [6, 6.07) is 22.2. The lowest BCUT2D eigenvalue weighted by atomic mass is 10.0. The maximum Gasteiger partial charge on any atom is 0.252 e. The Kier molecular flexibility index (Phi) is 4.42. The Labute approximate surface area is 137 Å². The van der Waals surface area contributed by atoms with Crippen molar-refractivity contribution in [3.05, 3.63) is 83.4 Å². The number of fused-ring (bicyclic) bond motifs is 1. The van der Waals surface area contributed by atoms with Crippen LogP contribution in [0.3, 0.4) is 0 Å². The van der Waals surface area contributed by atoms with Gasteiger partial charge in [-0.25, -0.2) is 0 Å².